The minimum Gasteiger partial charge on any atom is -0.397 e. The van der Waals surface area contributed by atoms with Crippen molar-refractivity contribution in [1.29, 1.82) is 0 Å². The summed E-state index contributed by atoms with van der Waals surface area (Å²) in [6.45, 7) is 0.149. The summed E-state index contributed by atoms with van der Waals surface area (Å²) in [6, 6.07) is 1.39. The highest BCUT2D eigenvalue weighted by atomic mass is 32.2. The predicted octanol–water partition coefficient (Wildman–Crippen LogP) is -0.781. The Balaban J connectivity index is 2.81. The van der Waals surface area contributed by atoms with Gasteiger partial charge in [-0.25, -0.2) is 13.4 Å². The van der Waals surface area contributed by atoms with Crippen LogP contribution in [0.3, 0.4) is 0 Å². The smallest absolute Gasteiger partial charge is 0.252 e. The maximum Gasteiger partial charge on any atom is 0.252 e. The second-order valence-electron chi connectivity index (χ2n) is 3.59. The van der Waals surface area contributed by atoms with Crippen LogP contribution in [0.25, 0.3) is 0 Å². The van der Waals surface area contributed by atoms with Gasteiger partial charge < -0.3 is 16.8 Å². The maximum atomic E-state index is 11.1. The topological polar surface area (TPSA) is 128 Å². The molecule has 0 unspecified atom stereocenters. The summed E-state index contributed by atoms with van der Waals surface area (Å²) in [7, 11) is -3.07. The van der Waals surface area contributed by atoms with Crippen LogP contribution in [0.15, 0.2) is 12.3 Å². The first kappa shape index (κ1) is 13.2. The third-order valence-electron chi connectivity index (χ3n) is 1.94. The first-order chi connectivity index (χ1) is 7.79. The molecule has 5 N–H and O–H groups in total. The van der Waals surface area contributed by atoms with Gasteiger partial charge in [-0.2, -0.15) is 0 Å². The Morgan fingerprint density at radius 3 is 2.71 bits per heavy atom. The van der Waals surface area contributed by atoms with Crippen molar-refractivity contribution < 1.29 is 13.2 Å². The van der Waals surface area contributed by atoms with Crippen LogP contribution < -0.4 is 16.8 Å². The molecule has 0 bridgehead atoms. The molecule has 0 saturated heterocycles. The van der Waals surface area contributed by atoms with Gasteiger partial charge in [0.25, 0.3) is 5.91 Å². The molecule has 0 aliphatic rings. The van der Waals surface area contributed by atoms with E-state index >= 15 is 0 Å². The standard InChI is InChI=1S/C9H14N4O3S/c1-17(15,16)3-2-12-9-7(8(11)14)4-6(10)5-13-9/h4-5H,2-3,10H2,1H3,(H2,11,14)(H,12,13). The number of rotatable bonds is 5. The molecule has 94 valence electrons. The average molecular weight is 258 g/mol. The molecule has 1 aromatic heterocycles. The van der Waals surface area contributed by atoms with E-state index in [1.807, 2.05) is 0 Å². The third kappa shape index (κ3) is 4.27. The molecule has 17 heavy (non-hydrogen) atoms. The molecule has 0 atom stereocenters. The van der Waals surface area contributed by atoms with E-state index in [0.29, 0.717) is 5.69 Å². The maximum absolute atomic E-state index is 11.1. The normalized spacial score (nSPS) is 11.1. The molecule has 0 aliphatic carbocycles. The Morgan fingerprint density at radius 1 is 1.53 bits per heavy atom. The molecule has 8 heteroatoms. The summed E-state index contributed by atoms with van der Waals surface area (Å²) >= 11 is 0. The zero-order valence-corrected chi connectivity index (χ0v) is 10.1. The van der Waals surface area contributed by atoms with Crippen LogP contribution in [0.1, 0.15) is 10.4 Å². The van der Waals surface area contributed by atoms with Crippen molar-refractivity contribution in [3.8, 4) is 0 Å². The lowest BCUT2D eigenvalue weighted by molar-refractivity contribution is 0.100. The average Bonchev–Trinajstić information content (AvgIpc) is 2.18. The van der Waals surface area contributed by atoms with Crippen molar-refractivity contribution in [2.45, 2.75) is 0 Å². The minimum atomic E-state index is -3.07. The number of aromatic nitrogens is 1. The number of hydrogen-bond donors (Lipinski definition) is 3. The number of carbonyl (C=O) groups excluding carboxylic acids is 1. The number of amides is 1. The van der Waals surface area contributed by atoms with Crippen LogP contribution in [0.2, 0.25) is 0 Å². The number of pyridine rings is 1. The number of nitrogen functional groups attached to an aromatic ring is 1. The first-order valence-electron chi connectivity index (χ1n) is 4.76. The second kappa shape index (κ2) is 5.00. The molecule has 0 spiro atoms. The van der Waals surface area contributed by atoms with Gasteiger partial charge in [-0.3, -0.25) is 4.79 Å². The Bertz CT molecular complexity index is 527. The van der Waals surface area contributed by atoms with Gasteiger partial charge in [0.05, 0.1) is 23.2 Å². The van der Waals surface area contributed by atoms with Crippen LogP contribution in [0.4, 0.5) is 11.5 Å². The molecule has 1 amide bonds. The third-order valence-corrected chi connectivity index (χ3v) is 2.89. The number of nitrogens with one attached hydrogen (secondary N) is 1. The summed E-state index contributed by atoms with van der Waals surface area (Å²) in [6.07, 6.45) is 2.48. The van der Waals surface area contributed by atoms with Crippen molar-refractivity contribution in [2.75, 3.05) is 29.6 Å². The molecular weight excluding hydrogens is 244 g/mol. The number of nitrogens with two attached hydrogens (primary N) is 2. The Kier molecular flexibility index (Phi) is 3.89. The van der Waals surface area contributed by atoms with Gasteiger partial charge in [0, 0.05) is 12.8 Å². The largest absolute Gasteiger partial charge is 0.397 e. The van der Waals surface area contributed by atoms with Crippen LogP contribution in [0, 0.1) is 0 Å². The molecule has 7 nitrogen and oxygen atoms in total. The SMILES string of the molecule is CS(=O)(=O)CCNc1ncc(N)cc1C(N)=O. The molecule has 0 fully saturated rings. The quantitative estimate of drug-likeness (QED) is 0.635. The molecule has 0 saturated carbocycles. The van der Waals surface area contributed by atoms with E-state index in [0.717, 1.165) is 6.26 Å². The lowest BCUT2D eigenvalue weighted by Gasteiger charge is -2.08. The van der Waals surface area contributed by atoms with Crippen molar-refractivity contribution in [3.05, 3.63) is 17.8 Å². The van der Waals surface area contributed by atoms with Gasteiger partial charge in [0.2, 0.25) is 0 Å². The number of hydrogen-bond acceptors (Lipinski definition) is 6. The predicted molar refractivity (Wildman–Crippen MR) is 65.4 cm³/mol. The van der Waals surface area contributed by atoms with Crippen molar-refractivity contribution in [1.82, 2.24) is 4.98 Å². The van der Waals surface area contributed by atoms with Crippen LogP contribution in [0.5, 0.6) is 0 Å². The Hall–Kier alpha value is -1.83. The lowest BCUT2D eigenvalue weighted by Crippen LogP contribution is -2.19. The summed E-state index contributed by atoms with van der Waals surface area (Å²) < 4.78 is 21.8. The van der Waals surface area contributed by atoms with Gasteiger partial charge in [0.15, 0.2) is 0 Å². The van der Waals surface area contributed by atoms with Gasteiger partial charge in [0.1, 0.15) is 15.7 Å². The van der Waals surface area contributed by atoms with E-state index < -0.39 is 15.7 Å². The fourth-order valence-corrected chi connectivity index (χ4v) is 1.64. The summed E-state index contributed by atoms with van der Waals surface area (Å²) in [4.78, 5) is 15.0. The zero-order chi connectivity index (χ0) is 13.1. The Morgan fingerprint density at radius 2 is 2.18 bits per heavy atom. The molecule has 1 rings (SSSR count). The monoisotopic (exact) mass is 258 g/mol. The number of carbonyl (C=O) groups is 1. The zero-order valence-electron chi connectivity index (χ0n) is 9.30. The highest BCUT2D eigenvalue weighted by Crippen LogP contribution is 2.14. The first-order valence-corrected chi connectivity index (χ1v) is 6.82. The summed E-state index contributed by atoms with van der Waals surface area (Å²) in [5.74, 6) is -0.501. The van der Waals surface area contributed by atoms with Crippen molar-refractivity contribution in [3.63, 3.8) is 0 Å². The fourth-order valence-electron chi connectivity index (χ4n) is 1.16. The molecule has 0 aliphatic heterocycles. The van der Waals surface area contributed by atoms with Gasteiger partial charge in [-0.15, -0.1) is 0 Å². The van der Waals surface area contributed by atoms with E-state index in [1.54, 1.807) is 0 Å². The van der Waals surface area contributed by atoms with E-state index in [1.165, 1.54) is 12.3 Å². The van der Waals surface area contributed by atoms with Crippen LogP contribution in [-0.4, -0.2) is 37.9 Å². The van der Waals surface area contributed by atoms with E-state index in [-0.39, 0.29) is 23.7 Å². The summed E-state index contributed by atoms with van der Waals surface area (Å²) in [5, 5.41) is 2.73. The van der Waals surface area contributed by atoms with Gasteiger partial charge in [-0.05, 0) is 6.07 Å². The number of sulfone groups is 1. The molecule has 1 aromatic rings. The van der Waals surface area contributed by atoms with E-state index in [9.17, 15) is 13.2 Å². The van der Waals surface area contributed by atoms with Crippen LogP contribution in [-0.2, 0) is 9.84 Å². The fraction of sp³-hybridized carbons (Fsp3) is 0.333. The second-order valence-corrected chi connectivity index (χ2v) is 5.85. The lowest BCUT2D eigenvalue weighted by atomic mass is 10.2. The number of primary amides is 1. The van der Waals surface area contributed by atoms with Gasteiger partial charge in [-0.1, -0.05) is 0 Å². The minimum absolute atomic E-state index is 0.0583. The molecule has 0 radical (unpaired) electrons. The van der Waals surface area contributed by atoms with Crippen molar-refractivity contribution in [2.24, 2.45) is 5.73 Å². The van der Waals surface area contributed by atoms with Gasteiger partial charge >= 0.3 is 0 Å². The molecule has 1 heterocycles. The molecule has 0 aromatic carbocycles. The van der Waals surface area contributed by atoms with Crippen LogP contribution >= 0.6 is 0 Å². The highest BCUT2D eigenvalue weighted by Gasteiger charge is 2.10. The molecular formula is C9H14N4O3S. The summed E-state index contributed by atoms with van der Waals surface area (Å²) in [5.41, 5.74) is 11.1. The highest BCUT2D eigenvalue weighted by molar-refractivity contribution is 7.90. The van der Waals surface area contributed by atoms with Crippen molar-refractivity contribution >= 4 is 27.2 Å². The number of nitrogens with zero attached hydrogens (tertiary/aromatic N) is 1. The van der Waals surface area contributed by atoms with E-state index in [2.05, 4.69) is 10.3 Å². The van der Waals surface area contributed by atoms with E-state index in [4.69, 9.17) is 11.5 Å². The number of anilines is 2. The Labute approximate surface area is 99.1 Å².